The Morgan fingerprint density at radius 3 is 1.86 bits per heavy atom. The second-order valence-corrected chi connectivity index (χ2v) is 10.8. The minimum absolute atomic E-state index is 0.00352. The Labute approximate surface area is 248 Å². The molecule has 0 saturated heterocycles. The van der Waals surface area contributed by atoms with Gasteiger partial charge in [0.25, 0.3) is 0 Å². The molecular weight excluding hydrogens is 550 g/mol. The summed E-state index contributed by atoms with van der Waals surface area (Å²) in [4.78, 5) is 49.0. The molecule has 0 aromatic heterocycles. The highest BCUT2D eigenvalue weighted by Gasteiger charge is 2.23. The Hall–Kier alpha value is -3.54. The van der Waals surface area contributed by atoms with Gasteiger partial charge in [-0.1, -0.05) is 53.5 Å². The molecule has 1 rings (SSSR count). The first kappa shape index (κ1) is 36.5. The van der Waals surface area contributed by atoms with Crippen molar-refractivity contribution in [1.82, 2.24) is 0 Å². The Kier molecular flexibility index (Phi) is 16.3. The van der Waals surface area contributed by atoms with Crippen LogP contribution in [-0.2, 0) is 34.9 Å². The van der Waals surface area contributed by atoms with E-state index in [1.165, 1.54) is 12.1 Å². The normalized spacial score (nSPS) is 13.9. The summed E-state index contributed by atoms with van der Waals surface area (Å²) in [7, 11) is 0. The lowest BCUT2D eigenvalue weighted by Gasteiger charge is -2.19. The van der Waals surface area contributed by atoms with Crippen molar-refractivity contribution in [2.24, 2.45) is 17.6 Å². The smallest absolute Gasteiger partial charge is 0.461 e. The Morgan fingerprint density at radius 1 is 0.738 bits per heavy atom. The van der Waals surface area contributed by atoms with Gasteiger partial charge in [0.1, 0.15) is 31.0 Å². The average molecular weight is 598 g/mol. The summed E-state index contributed by atoms with van der Waals surface area (Å²) in [6, 6.07) is 3.26. The fourth-order valence-corrected chi connectivity index (χ4v) is 3.03. The van der Waals surface area contributed by atoms with Crippen molar-refractivity contribution in [3.05, 3.63) is 23.8 Å². The zero-order valence-corrected chi connectivity index (χ0v) is 26.0. The summed E-state index contributed by atoms with van der Waals surface area (Å²) in [5.41, 5.74) is 6.52. The third-order valence-corrected chi connectivity index (χ3v) is 6.32. The molecule has 0 radical (unpaired) electrons. The van der Waals surface area contributed by atoms with Crippen LogP contribution in [-0.4, -0.2) is 62.0 Å². The lowest BCUT2D eigenvalue weighted by atomic mass is 10.1. The van der Waals surface area contributed by atoms with Crippen molar-refractivity contribution >= 4 is 24.4 Å². The maximum atomic E-state index is 12.5. The van der Waals surface area contributed by atoms with Crippen LogP contribution in [0.4, 0.5) is 14.4 Å². The first-order valence-electron chi connectivity index (χ1n) is 14.4. The number of hydrogen-bond donors (Lipinski definition) is 1. The molecule has 0 fully saturated rings. The molecule has 1 aromatic rings. The van der Waals surface area contributed by atoms with Crippen molar-refractivity contribution in [3.8, 4) is 11.5 Å². The lowest BCUT2D eigenvalue weighted by molar-refractivity contribution is -0.148. The van der Waals surface area contributed by atoms with Crippen molar-refractivity contribution in [3.63, 3.8) is 0 Å². The zero-order chi connectivity index (χ0) is 31.8. The van der Waals surface area contributed by atoms with Crippen molar-refractivity contribution < 1.29 is 52.3 Å². The van der Waals surface area contributed by atoms with Crippen LogP contribution in [0, 0.1) is 11.8 Å². The highest BCUT2D eigenvalue weighted by Crippen LogP contribution is 2.30. The predicted molar refractivity (Wildman–Crippen MR) is 153 cm³/mol. The van der Waals surface area contributed by atoms with Crippen LogP contribution in [0.5, 0.6) is 11.5 Å². The van der Waals surface area contributed by atoms with E-state index in [-0.39, 0.29) is 43.0 Å². The first-order valence-corrected chi connectivity index (χ1v) is 14.4. The number of carbonyl (C=O) groups is 4. The van der Waals surface area contributed by atoms with Gasteiger partial charge in [-0.15, -0.1) is 0 Å². The number of hydrogen-bond acceptors (Lipinski definition) is 12. The minimum atomic E-state index is -1.09. The van der Waals surface area contributed by atoms with Crippen LogP contribution in [0.2, 0.25) is 0 Å². The summed E-state index contributed by atoms with van der Waals surface area (Å²) < 4.78 is 36.4. The van der Waals surface area contributed by atoms with Crippen LogP contribution in [0.25, 0.3) is 0 Å². The Bertz CT molecular complexity index is 1010. The molecule has 1 aromatic carbocycles. The highest BCUT2D eigenvalue weighted by molar-refractivity contribution is 5.76. The SMILES string of the molecule is CCCCCOC(=O)O[C@@H](C)COC(=O)[C@@H](N)Cc1ccc(OC(=O)OC(C)C(C)C)c(OC(=O)OC(C)C(C)C)c1. The van der Waals surface area contributed by atoms with E-state index in [9.17, 15) is 19.2 Å². The molecule has 12 heteroatoms. The molecule has 2 N–H and O–H groups in total. The topological polar surface area (TPSA) is 159 Å². The van der Waals surface area contributed by atoms with Gasteiger partial charge in [0.2, 0.25) is 0 Å². The quantitative estimate of drug-likeness (QED) is 0.103. The molecule has 0 saturated carbocycles. The van der Waals surface area contributed by atoms with Gasteiger partial charge >= 0.3 is 24.4 Å². The molecule has 0 aliphatic rings. The molecule has 0 aliphatic heterocycles. The van der Waals surface area contributed by atoms with Gasteiger partial charge in [-0.25, -0.2) is 14.4 Å². The van der Waals surface area contributed by atoms with E-state index >= 15 is 0 Å². The number of carbonyl (C=O) groups excluding carboxylic acids is 4. The molecule has 42 heavy (non-hydrogen) atoms. The van der Waals surface area contributed by atoms with E-state index in [0.29, 0.717) is 5.56 Å². The monoisotopic (exact) mass is 597 g/mol. The van der Waals surface area contributed by atoms with E-state index in [4.69, 9.17) is 38.9 Å². The first-order chi connectivity index (χ1) is 19.7. The van der Waals surface area contributed by atoms with Crippen molar-refractivity contribution in [2.45, 2.75) is 105 Å². The van der Waals surface area contributed by atoms with Gasteiger partial charge in [-0.2, -0.15) is 0 Å². The maximum Gasteiger partial charge on any atom is 0.514 e. The van der Waals surface area contributed by atoms with Crippen LogP contribution in [0.15, 0.2) is 18.2 Å². The number of nitrogens with two attached hydrogens (primary N) is 1. The summed E-state index contributed by atoms with van der Waals surface area (Å²) in [5, 5.41) is 0. The molecule has 238 valence electrons. The molecule has 4 atom stereocenters. The summed E-state index contributed by atoms with van der Waals surface area (Å²) >= 11 is 0. The van der Waals surface area contributed by atoms with E-state index in [2.05, 4.69) is 0 Å². The fourth-order valence-electron chi connectivity index (χ4n) is 3.03. The van der Waals surface area contributed by atoms with Crippen molar-refractivity contribution in [2.75, 3.05) is 13.2 Å². The molecule has 0 heterocycles. The number of unbranched alkanes of at least 4 members (excludes halogenated alkanes) is 2. The number of benzene rings is 1. The second-order valence-electron chi connectivity index (χ2n) is 10.8. The molecule has 0 spiro atoms. The van der Waals surface area contributed by atoms with Crippen LogP contribution in [0.1, 0.15) is 80.2 Å². The average Bonchev–Trinajstić information content (AvgIpc) is 2.90. The molecule has 0 bridgehead atoms. The van der Waals surface area contributed by atoms with Crippen LogP contribution in [0.3, 0.4) is 0 Å². The van der Waals surface area contributed by atoms with Crippen LogP contribution < -0.4 is 15.2 Å². The molecule has 12 nitrogen and oxygen atoms in total. The maximum absolute atomic E-state index is 12.5. The van der Waals surface area contributed by atoms with Gasteiger partial charge in [0.15, 0.2) is 11.5 Å². The van der Waals surface area contributed by atoms with Gasteiger partial charge in [-0.05, 0) is 63.1 Å². The van der Waals surface area contributed by atoms with E-state index in [1.807, 2.05) is 34.6 Å². The summed E-state index contributed by atoms with van der Waals surface area (Å²) in [5.74, 6) is -0.842. The van der Waals surface area contributed by atoms with Gasteiger partial charge < -0.3 is 38.9 Å². The standard InChI is InChI=1S/C30H47NO11/c1-9-10-11-14-36-28(33)38-20(6)17-37-27(32)24(31)15-23-12-13-25(41-29(34)39-21(7)18(2)3)26(16-23)42-30(35)40-22(8)19(4)5/h12-13,16,18-22,24H,9-11,14-15,17,31H2,1-8H3/t20-,21?,22?,24-/m0/s1. The Balaban J connectivity index is 2.85. The van der Waals surface area contributed by atoms with E-state index in [0.717, 1.165) is 19.3 Å². The highest BCUT2D eigenvalue weighted by atomic mass is 16.8. The van der Waals surface area contributed by atoms with Crippen molar-refractivity contribution in [1.29, 1.82) is 0 Å². The largest absolute Gasteiger partial charge is 0.514 e. The third-order valence-electron chi connectivity index (χ3n) is 6.32. The number of rotatable bonds is 16. The van der Waals surface area contributed by atoms with Gasteiger partial charge in [0, 0.05) is 0 Å². The van der Waals surface area contributed by atoms with E-state index in [1.54, 1.807) is 26.8 Å². The van der Waals surface area contributed by atoms with Crippen LogP contribution >= 0.6 is 0 Å². The number of esters is 1. The number of ether oxygens (including phenoxy) is 7. The summed E-state index contributed by atoms with van der Waals surface area (Å²) in [6.45, 7) is 14.6. The Morgan fingerprint density at radius 2 is 1.31 bits per heavy atom. The van der Waals surface area contributed by atoms with E-state index < -0.39 is 48.8 Å². The molecule has 0 aliphatic carbocycles. The zero-order valence-electron chi connectivity index (χ0n) is 26.0. The van der Waals surface area contributed by atoms with Gasteiger partial charge in [-0.3, -0.25) is 4.79 Å². The van der Waals surface area contributed by atoms with Gasteiger partial charge in [0.05, 0.1) is 6.61 Å². The molecular formula is C30H47NO11. The predicted octanol–water partition coefficient (Wildman–Crippen LogP) is 5.95. The lowest BCUT2D eigenvalue weighted by Crippen LogP contribution is -2.36. The fraction of sp³-hybridized carbons (Fsp3) is 0.667. The third kappa shape index (κ3) is 14.4. The second kappa shape index (κ2) is 18.8. The summed E-state index contributed by atoms with van der Waals surface area (Å²) in [6.07, 6.45) is -1.72. The molecule has 0 amide bonds. The molecule has 2 unspecified atom stereocenters. The minimum Gasteiger partial charge on any atom is -0.461 e.